The topological polar surface area (TPSA) is 26.3 Å². The monoisotopic (exact) mass is 300 g/mol. The predicted octanol–water partition coefficient (Wildman–Crippen LogP) is 4.66. The van der Waals surface area contributed by atoms with E-state index in [2.05, 4.69) is 20.4 Å². The van der Waals surface area contributed by atoms with Crippen LogP contribution in [0.4, 0.5) is 0 Å². The van der Waals surface area contributed by atoms with Gasteiger partial charge in [-0.2, -0.15) is 0 Å². The molecule has 0 radical (unpaired) electrons. The van der Waals surface area contributed by atoms with Gasteiger partial charge in [-0.25, -0.2) is 4.79 Å². The minimum Gasteiger partial charge on any atom is -0.455 e. The summed E-state index contributed by atoms with van der Waals surface area (Å²) < 4.78 is 6.26. The summed E-state index contributed by atoms with van der Waals surface area (Å²) in [6.07, 6.45) is 10.1. The summed E-state index contributed by atoms with van der Waals surface area (Å²) in [7, 11) is 0. The second kappa shape index (κ2) is 4.97. The fraction of sp³-hybridized carbons (Fsp3) is 0.750. The van der Waals surface area contributed by atoms with Gasteiger partial charge in [0.25, 0.3) is 0 Å². The summed E-state index contributed by atoms with van der Waals surface area (Å²) in [6.45, 7) is 8.32. The highest BCUT2D eigenvalue weighted by Crippen LogP contribution is 2.68. The van der Waals surface area contributed by atoms with E-state index in [1.54, 1.807) is 11.1 Å². The Balaban J connectivity index is 1.74. The molecule has 5 rings (SSSR count). The van der Waals surface area contributed by atoms with E-state index in [0.717, 1.165) is 18.3 Å². The number of rotatable bonds is 3. The van der Waals surface area contributed by atoms with Crippen LogP contribution in [0.5, 0.6) is 0 Å². The zero-order valence-corrected chi connectivity index (χ0v) is 13.9. The molecule has 5 aliphatic carbocycles. The fourth-order valence-electron chi connectivity index (χ4n) is 6.42. The molecule has 0 aromatic heterocycles. The first-order valence-corrected chi connectivity index (χ1v) is 9.11. The summed E-state index contributed by atoms with van der Waals surface area (Å²) in [5.41, 5.74) is 3.06. The molecule has 0 saturated heterocycles. The van der Waals surface area contributed by atoms with Crippen molar-refractivity contribution in [2.45, 2.75) is 64.4 Å². The van der Waals surface area contributed by atoms with Gasteiger partial charge in [0.2, 0.25) is 0 Å². The molecule has 0 N–H and O–H groups in total. The molecule has 0 amide bonds. The number of hydrogen-bond donors (Lipinski definition) is 0. The van der Waals surface area contributed by atoms with Crippen molar-refractivity contribution in [3.8, 4) is 0 Å². The van der Waals surface area contributed by atoms with Gasteiger partial charge in [-0.1, -0.05) is 37.5 Å². The normalized spacial score (nSPS) is 46.2. The third kappa shape index (κ3) is 1.82. The highest BCUT2D eigenvalue weighted by Gasteiger charge is 2.66. The number of ether oxygens (including phenoxy) is 1. The van der Waals surface area contributed by atoms with Crippen LogP contribution in [0.15, 0.2) is 23.8 Å². The van der Waals surface area contributed by atoms with Crippen LogP contribution < -0.4 is 0 Å². The minimum absolute atomic E-state index is 0.201. The van der Waals surface area contributed by atoms with E-state index in [4.69, 9.17) is 4.74 Å². The zero-order valence-electron chi connectivity index (χ0n) is 13.9. The van der Waals surface area contributed by atoms with Gasteiger partial charge in [0.05, 0.1) is 0 Å². The minimum atomic E-state index is -0.205. The Labute approximate surface area is 134 Å². The summed E-state index contributed by atoms with van der Waals surface area (Å²) in [6, 6.07) is 0. The number of carbonyl (C=O) groups excluding carboxylic acids is 1. The molecular formula is C20H28O2. The number of carbonyl (C=O) groups is 1. The molecule has 6 unspecified atom stereocenters. The van der Waals surface area contributed by atoms with Crippen LogP contribution in [-0.2, 0) is 9.53 Å². The summed E-state index contributed by atoms with van der Waals surface area (Å²) >= 11 is 0. The van der Waals surface area contributed by atoms with E-state index >= 15 is 0 Å². The van der Waals surface area contributed by atoms with Crippen LogP contribution in [0.1, 0.15) is 58.8 Å². The van der Waals surface area contributed by atoms with Crippen LogP contribution in [-0.4, -0.2) is 11.6 Å². The number of allylic oxidation sites excluding steroid dienone is 1. The van der Waals surface area contributed by atoms with Gasteiger partial charge in [-0.3, -0.25) is 0 Å². The smallest absolute Gasteiger partial charge is 0.330 e. The van der Waals surface area contributed by atoms with E-state index in [-0.39, 0.29) is 11.6 Å². The number of hydrogen-bond acceptors (Lipinski definition) is 2. The van der Waals surface area contributed by atoms with Crippen molar-refractivity contribution < 1.29 is 9.53 Å². The van der Waals surface area contributed by atoms with E-state index in [0.29, 0.717) is 17.8 Å². The standard InChI is InChI=1S/C20H28O2/c1-4-18(21)22-20(15-7-5-6-12(2)8-15)16-9-13(3)19-14(10-16)11-17(19)20/h4,12,14-17H,1,5-11H2,2-3H3. The van der Waals surface area contributed by atoms with Crippen LogP contribution in [0, 0.1) is 29.6 Å². The Morgan fingerprint density at radius 2 is 2.09 bits per heavy atom. The fourth-order valence-corrected chi connectivity index (χ4v) is 6.42. The van der Waals surface area contributed by atoms with Crippen molar-refractivity contribution in [1.82, 2.24) is 0 Å². The summed E-state index contributed by atoms with van der Waals surface area (Å²) in [4.78, 5) is 12.2. The van der Waals surface area contributed by atoms with Crippen molar-refractivity contribution in [1.29, 1.82) is 0 Å². The maximum atomic E-state index is 12.2. The van der Waals surface area contributed by atoms with Gasteiger partial charge >= 0.3 is 5.97 Å². The molecule has 22 heavy (non-hydrogen) atoms. The highest BCUT2D eigenvalue weighted by atomic mass is 16.6. The van der Waals surface area contributed by atoms with Gasteiger partial charge in [-0.05, 0) is 56.8 Å². The Bertz CT molecular complexity index is 546. The second-order valence-corrected chi connectivity index (χ2v) is 8.31. The summed E-state index contributed by atoms with van der Waals surface area (Å²) in [5.74, 6) is 2.99. The van der Waals surface area contributed by atoms with Crippen molar-refractivity contribution >= 4 is 5.97 Å². The molecule has 0 heterocycles. The number of esters is 1. The van der Waals surface area contributed by atoms with E-state index < -0.39 is 0 Å². The maximum Gasteiger partial charge on any atom is 0.330 e. The SMILES string of the molecule is C=CC(=O)OC1(C2CCCC(C)C2)C2CC(C)=C3C(C2)CC31. The van der Waals surface area contributed by atoms with Crippen LogP contribution in [0.2, 0.25) is 0 Å². The molecule has 2 heteroatoms. The third-order valence-electron chi connectivity index (χ3n) is 7.15. The van der Waals surface area contributed by atoms with Gasteiger partial charge in [0.1, 0.15) is 5.60 Å². The van der Waals surface area contributed by atoms with Gasteiger partial charge in [0.15, 0.2) is 0 Å². The maximum absolute atomic E-state index is 12.2. The Kier molecular flexibility index (Phi) is 3.29. The molecule has 0 aromatic rings. The van der Waals surface area contributed by atoms with Crippen LogP contribution >= 0.6 is 0 Å². The average Bonchev–Trinajstić information content (AvgIpc) is 2.47. The summed E-state index contributed by atoms with van der Waals surface area (Å²) in [5, 5.41) is 0. The molecule has 3 fully saturated rings. The number of fused-ring (bicyclic) bond motifs is 1. The molecule has 2 nitrogen and oxygen atoms in total. The lowest BCUT2D eigenvalue weighted by Crippen LogP contribution is -2.66. The Morgan fingerprint density at radius 3 is 2.73 bits per heavy atom. The first kappa shape index (κ1) is 14.5. The molecule has 5 aliphatic rings. The van der Waals surface area contributed by atoms with E-state index in [1.165, 1.54) is 44.6 Å². The lowest BCUT2D eigenvalue weighted by molar-refractivity contribution is -0.213. The van der Waals surface area contributed by atoms with Crippen LogP contribution in [0.3, 0.4) is 0 Å². The molecule has 0 spiro atoms. The first-order chi connectivity index (χ1) is 10.6. The Hall–Kier alpha value is -1.05. The lowest BCUT2D eigenvalue weighted by Gasteiger charge is -2.66. The van der Waals surface area contributed by atoms with E-state index in [9.17, 15) is 4.79 Å². The van der Waals surface area contributed by atoms with Crippen molar-refractivity contribution in [2.24, 2.45) is 29.6 Å². The van der Waals surface area contributed by atoms with E-state index in [1.807, 2.05) is 0 Å². The molecule has 0 aliphatic heterocycles. The van der Waals surface area contributed by atoms with Gasteiger partial charge < -0.3 is 4.74 Å². The third-order valence-corrected chi connectivity index (χ3v) is 7.15. The molecule has 6 atom stereocenters. The van der Waals surface area contributed by atoms with Crippen LogP contribution in [0.25, 0.3) is 0 Å². The van der Waals surface area contributed by atoms with Gasteiger partial charge in [-0.15, -0.1) is 0 Å². The predicted molar refractivity (Wildman–Crippen MR) is 87.2 cm³/mol. The average molecular weight is 300 g/mol. The molecule has 0 aromatic carbocycles. The molecule has 4 bridgehead atoms. The first-order valence-electron chi connectivity index (χ1n) is 9.11. The quantitative estimate of drug-likeness (QED) is 0.430. The molecule has 120 valence electrons. The molecular weight excluding hydrogens is 272 g/mol. The zero-order chi connectivity index (χ0) is 15.5. The largest absolute Gasteiger partial charge is 0.455 e. The van der Waals surface area contributed by atoms with Crippen molar-refractivity contribution in [3.63, 3.8) is 0 Å². The highest BCUT2D eigenvalue weighted by molar-refractivity contribution is 5.81. The van der Waals surface area contributed by atoms with Crippen molar-refractivity contribution in [3.05, 3.63) is 23.8 Å². The lowest BCUT2D eigenvalue weighted by atomic mass is 9.42. The van der Waals surface area contributed by atoms with Gasteiger partial charge in [0, 0.05) is 17.9 Å². The molecule has 3 saturated carbocycles. The van der Waals surface area contributed by atoms with Crippen molar-refractivity contribution in [2.75, 3.05) is 0 Å². The second-order valence-electron chi connectivity index (χ2n) is 8.31. The Morgan fingerprint density at radius 1 is 1.27 bits per heavy atom.